The largest absolute Gasteiger partial charge is 0.346 e. The van der Waals surface area contributed by atoms with Gasteiger partial charge in [-0.1, -0.05) is 25.5 Å². The Hall–Kier alpha value is -1.65. The lowest BCUT2D eigenvalue weighted by Crippen LogP contribution is -2.31. The van der Waals surface area contributed by atoms with E-state index < -0.39 is 0 Å². The van der Waals surface area contributed by atoms with Gasteiger partial charge in [0, 0.05) is 7.05 Å². The maximum Gasteiger partial charge on any atom is 0.224 e. The van der Waals surface area contributed by atoms with Crippen molar-refractivity contribution in [3.8, 4) is 0 Å². The van der Waals surface area contributed by atoms with E-state index in [1.165, 1.54) is 5.57 Å². The summed E-state index contributed by atoms with van der Waals surface area (Å²) < 4.78 is 1.83. The molecular weight excluding hydrogens is 252 g/mol. The van der Waals surface area contributed by atoms with E-state index in [0.717, 1.165) is 5.82 Å². The average molecular weight is 276 g/mol. The smallest absolute Gasteiger partial charge is 0.224 e. The van der Waals surface area contributed by atoms with Crippen molar-refractivity contribution in [3.05, 3.63) is 23.8 Å². The molecule has 3 atom stereocenters. The summed E-state index contributed by atoms with van der Waals surface area (Å²) in [5, 5.41) is 10.9. The van der Waals surface area contributed by atoms with Crippen molar-refractivity contribution >= 4 is 5.91 Å². The molecule has 5 nitrogen and oxygen atoms in total. The van der Waals surface area contributed by atoms with Gasteiger partial charge < -0.3 is 9.88 Å². The van der Waals surface area contributed by atoms with E-state index in [0.29, 0.717) is 5.92 Å². The zero-order valence-corrected chi connectivity index (χ0v) is 13.1. The molecule has 1 amide bonds. The molecule has 1 N–H and O–H groups in total. The van der Waals surface area contributed by atoms with Crippen molar-refractivity contribution < 1.29 is 4.79 Å². The third-order valence-electron chi connectivity index (χ3n) is 4.20. The third kappa shape index (κ3) is 2.62. The third-order valence-corrected chi connectivity index (χ3v) is 4.20. The maximum atomic E-state index is 12.4. The number of nitrogens with zero attached hydrogens (tertiary/aromatic N) is 3. The molecule has 1 aromatic heterocycles. The van der Waals surface area contributed by atoms with Crippen LogP contribution in [0.1, 0.15) is 46.5 Å². The van der Waals surface area contributed by atoms with Crippen LogP contribution in [-0.4, -0.2) is 20.7 Å². The molecule has 1 aliphatic rings. The summed E-state index contributed by atoms with van der Waals surface area (Å²) in [7, 11) is 1.88. The van der Waals surface area contributed by atoms with Gasteiger partial charge in [-0.3, -0.25) is 4.79 Å². The second-order valence-corrected chi connectivity index (χ2v) is 6.60. The summed E-state index contributed by atoms with van der Waals surface area (Å²) in [4.78, 5) is 12.4. The topological polar surface area (TPSA) is 59.8 Å². The van der Waals surface area contributed by atoms with Crippen LogP contribution < -0.4 is 5.32 Å². The van der Waals surface area contributed by atoms with Gasteiger partial charge in [-0.2, -0.15) is 0 Å². The van der Waals surface area contributed by atoms with Crippen molar-refractivity contribution in [3.63, 3.8) is 0 Å². The van der Waals surface area contributed by atoms with Gasteiger partial charge >= 0.3 is 0 Å². The van der Waals surface area contributed by atoms with Crippen molar-refractivity contribution in [2.75, 3.05) is 0 Å². The summed E-state index contributed by atoms with van der Waals surface area (Å²) in [5.41, 5.74) is 1.31. The minimum Gasteiger partial charge on any atom is -0.346 e. The molecule has 5 heteroatoms. The zero-order chi connectivity index (χ0) is 15.1. The van der Waals surface area contributed by atoms with Crippen molar-refractivity contribution in [2.24, 2.45) is 24.3 Å². The van der Waals surface area contributed by atoms with Crippen LogP contribution in [0.3, 0.4) is 0 Å². The summed E-state index contributed by atoms with van der Waals surface area (Å²) in [6, 6.07) is -0.126. The summed E-state index contributed by atoms with van der Waals surface area (Å²) >= 11 is 0. The Balaban J connectivity index is 2.03. The van der Waals surface area contributed by atoms with E-state index in [2.05, 4.69) is 49.3 Å². The first-order chi connectivity index (χ1) is 9.25. The number of aromatic nitrogens is 3. The maximum absolute atomic E-state index is 12.4. The van der Waals surface area contributed by atoms with Gasteiger partial charge in [0.25, 0.3) is 0 Å². The number of nitrogens with one attached hydrogen (secondary N) is 1. The van der Waals surface area contributed by atoms with Crippen LogP contribution >= 0.6 is 0 Å². The molecule has 1 aliphatic carbocycles. The average Bonchev–Trinajstić information content (AvgIpc) is 2.68. The second kappa shape index (κ2) is 5.04. The molecule has 1 aromatic rings. The molecule has 20 heavy (non-hydrogen) atoms. The first-order valence-corrected chi connectivity index (χ1v) is 7.04. The molecule has 1 fully saturated rings. The zero-order valence-electron chi connectivity index (χ0n) is 13.1. The highest BCUT2D eigenvalue weighted by Gasteiger charge is 2.60. The van der Waals surface area contributed by atoms with Crippen LogP contribution in [0.2, 0.25) is 0 Å². The normalized spacial score (nSPS) is 24.9. The van der Waals surface area contributed by atoms with Crippen LogP contribution in [0.5, 0.6) is 0 Å². The number of hydrogen-bond acceptors (Lipinski definition) is 3. The van der Waals surface area contributed by atoms with Crippen molar-refractivity contribution in [1.29, 1.82) is 0 Å². The fourth-order valence-electron chi connectivity index (χ4n) is 2.90. The SMILES string of the molecule is CC(C)=C[C@@H]1[C@@H](C(=O)N[C@@H](C)c2nncn2C)C1(C)C. The lowest BCUT2D eigenvalue weighted by atomic mass is 10.1. The van der Waals surface area contributed by atoms with E-state index in [1.54, 1.807) is 6.33 Å². The Bertz CT molecular complexity index is 540. The quantitative estimate of drug-likeness (QED) is 0.858. The minimum absolute atomic E-state index is 0.0426. The highest BCUT2D eigenvalue weighted by atomic mass is 16.2. The van der Waals surface area contributed by atoms with Crippen LogP contribution in [0.15, 0.2) is 18.0 Å². The Morgan fingerprint density at radius 3 is 2.65 bits per heavy atom. The highest BCUT2D eigenvalue weighted by Crippen LogP contribution is 2.59. The molecule has 0 aliphatic heterocycles. The van der Waals surface area contributed by atoms with E-state index in [1.807, 2.05) is 18.5 Å². The molecule has 0 saturated heterocycles. The van der Waals surface area contributed by atoms with E-state index in [4.69, 9.17) is 0 Å². The number of carbonyl (C=O) groups excluding carboxylic acids is 1. The van der Waals surface area contributed by atoms with E-state index in [-0.39, 0.29) is 23.3 Å². The van der Waals surface area contributed by atoms with Crippen LogP contribution in [0.4, 0.5) is 0 Å². The molecular formula is C15H24N4O. The van der Waals surface area contributed by atoms with Gasteiger partial charge in [-0.15, -0.1) is 10.2 Å². The molecule has 0 aromatic carbocycles. The number of rotatable bonds is 4. The van der Waals surface area contributed by atoms with Gasteiger partial charge in [-0.25, -0.2) is 0 Å². The molecule has 1 heterocycles. The first-order valence-electron chi connectivity index (χ1n) is 7.04. The predicted octanol–water partition coefficient (Wildman–Crippen LogP) is 2.23. The molecule has 2 rings (SSSR count). The van der Waals surface area contributed by atoms with Crippen LogP contribution in [-0.2, 0) is 11.8 Å². The Labute approximate surface area is 120 Å². The number of allylic oxidation sites excluding steroid dienone is 2. The van der Waals surface area contributed by atoms with Crippen molar-refractivity contribution in [2.45, 2.75) is 40.7 Å². The van der Waals surface area contributed by atoms with E-state index in [9.17, 15) is 4.79 Å². The van der Waals surface area contributed by atoms with Crippen LogP contribution in [0, 0.1) is 17.3 Å². The number of carbonyl (C=O) groups is 1. The molecule has 0 unspecified atom stereocenters. The molecule has 0 spiro atoms. The molecule has 0 bridgehead atoms. The molecule has 1 saturated carbocycles. The van der Waals surface area contributed by atoms with E-state index >= 15 is 0 Å². The van der Waals surface area contributed by atoms with Crippen LogP contribution in [0.25, 0.3) is 0 Å². The Morgan fingerprint density at radius 2 is 2.15 bits per heavy atom. The fourth-order valence-corrected chi connectivity index (χ4v) is 2.90. The lowest BCUT2D eigenvalue weighted by Gasteiger charge is -2.13. The Kier molecular flexibility index (Phi) is 3.71. The number of amides is 1. The first kappa shape index (κ1) is 14.8. The molecule has 0 radical (unpaired) electrons. The fraction of sp³-hybridized carbons (Fsp3) is 0.667. The van der Waals surface area contributed by atoms with Gasteiger partial charge in [-0.05, 0) is 32.1 Å². The van der Waals surface area contributed by atoms with Gasteiger partial charge in [0.15, 0.2) is 5.82 Å². The van der Waals surface area contributed by atoms with Gasteiger partial charge in [0.2, 0.25) is 5.91 Å². The number of aryl methyl sites for hydroxylation is 1. The highest BCUT2D eigenvalue weighted by molar-refractivity contribution is 5.84. The lowest BCUT2D eigenvalue weighted by molar-refractivity contribution is -0.123. The minimum atomic E-state index is -0.126. The molecule has 110 valence electrons. The van der Waals surface area contributed by atoms with Crippen molar-refractivity contribution in [1.82, 2.24) is 20.1 Å². The number of hydrogen-bond donors (Lipinski definition) is 1. The summed E-state index contributed by atoms with van der Waals surface area (Å²) in [5.74, 6) is 1.26. The monoisotopic (exact) mass is 276 g/mol. The summed E-state index contributed by atoms with van der Waals surface area (Å²) in [6.07, 6.45) is 3.85. The van der Waals surface area contributed by atoms with Gasteiger partial charge in [0.05, 0.1) is 12.0 Å². The Morgan fingerprint density at radius 1 is 1.50 bits per heavy atom. The second-order valence-electron chi connectivity index (χ2n) is 6.60. The van der Waals surface area contributed by atoms with Gasteiger partial charge in [0.1, 0.15) is 6.33 Å². The predicted molar refractivity (Wildman–Crippen MR) is 77.8 cm³/mol. The summed E-state index contributed by atoms with van der Waals surface area (Å²) in [6.45, 7) is 10.4. The standard InChI is InChI=1S/C15H24N4O/c1-9(2)7-11-12(15(11,4)5)14(20)17-10(3)13-18-16-8-19(13)6/h7-8,10-12H,1-6H3,(H,17,20)/t10-,11+,12-/m0/s1.